The van der Waals surface area contributed by atoms with Crippen LogP contribution in [0, 0.1) is 0 Å². The van der Waals surface area contributed by atoms with Crippen LogP contribution in [0.4, 0.5) is 0 Å². The molecule has 0 saturated carbocycles. The molecular formula is C19H23N3O3. The summed E-state index contributed by atoms with van der Waals surface area (Å²) in [5.41, 5.74) is 0.812. The Balaban J connectivity index is 1.79. The third-order valence-corrected chi connectivity index (χ3v) is 4.43. The third kappa shape index (κ3) is 4.07. The molecule has 0 N–H and O–H groups in total. The van der Waals surface area contributed by atoms with Crippen molar-refractivity contribution in [2.75, 3.05) is 20.2 Å². The summed E-state index contributed by atoms with van der Waals surface area (Å²) in [5.74, 6) is 2.29. The number of amides is 1. The summed E-state index contributed by atoms with van der Waals surface area (Å²) in [4.78, 5) is 22.8. The van der Waals surface area contributed by atoms with Gasteiger partial charge in [-0.15, -0.1) is 0 Å². The van der Waals surface area contributed by atoms with Crippen LogP contribution in [0.15, 0.2) is 36.7 Å². The second-order valence-electron chi connectivity index (χ2n) is 6.06. The zero-order valence-corrected chi connectivity index (χ0v) is 14.6. The fourth-order valence-electron chi connectivity index (χ4n) is 3.10. The first kappa shape index (κ1) is 17.2. The number of methoxy groups -OCH3 is 1. The number of piperidine rings is 1. The van der Waals surface area contributed by atoms with E-state index in [-0.39, 0.29) is 11.8 Å². The molecule has 132 valence electrons. The van der Waals surface area contributed by atoms with Gasteiger partial charge in [0, 0.05) is 37.8 Å². The van der Waals surface area contributed by atoms with E-state index in [4.69, 9.17) is 9.47 Å². The Labute approximate surface area is 147 Å². The van der Waals surface area contributed by atoms with Crippen molar-refractivity contribution in [1.29, 1.82) is 0 Å². The average Bonchev–Trinajstić information content (AvgIpc) is 2.68. The predicted octanol–water partition coefficient (Wildman–Crippen LogP) is 3.39. The van der Waals surface area contributed by atoms with E-state index < -0.39 is 0 Å². The van der Waals surface area contributed by atoms with Crippen molar-refractivity contribution in [3.63, 3.8) is 0 Å². The molecule has 6 heteroatoms. The predicted molar refractivity (Wildman–Crippen MR) is 93.9 cm³/mol. The average molecular weight is 341 g/mol. The lowest BCUT2D eigenvalue weighted by atomic mass is 9.94. The number of rotatable bonds is 5. The third-order valence-electron chi connectivity index (χ3n) is 4.43. The second-order valence-corrected chi connectivity index (χ2v) is 6.06. The fourth-order valence-corrected chi connectivity index (χ4v) is 3.10. The molecule has 0 radical (unpaired) electrons. The molecule has 1 amide bonds. The lowest BCUT2D eigenvalue weighted by Crippen LogP contribution is -2.39. The minimum absolute atomic E-state index is 0.145. The zero-order valence-electron chi connectivity index (χ0n) is 14.6. The van der Waals surface area contributed by atoms with E-state index in [2.05, 4.69) is 9.97 Å². The molecule has 6 nitrogen and oxygen atoms in total. The van der Waals surface area contributed by atoms with Gasteiger partial charge >= 0.3 is 0 Å². The molecule has 2 aromatic rings. The summed E-state index contributed by atoms with van der Waals surface area (Å²) in [5, 5.41) is 0. The maximum atomic E-state index is 12.0. The Hall–Kier alpha value is -2.63. The van der Waals surface area contributed by atoms with Crippen LogP contribution < -0.4 is 9.47 Å². The van der Waals surface area contributed by atoms with Crippen molar-refractivity contribution in [3.05, 3.63) is 42.4 Å². The van der Waals surface area contributed by atoms with Gasteiger partial charge < -0.3 is 14.4 Å². The van der Waals surface area contributed by atoms with Gasteiger partial charge in [-0.2, -0.15) is 0 Å². The van der Waals surface area contributed by atoms with E-state index in [9.17, 15) is 4.79 Å². The molecule has 1 atom stereocenters. The number of carbonyl (C=O) groups excluding carboxylic acids is 1. The largest absolute Gasteiger partial charge is 0.497 e. The molecule has 3 rings (SSSR count). The quantitative estimate of drug-likeness (QED) is 0.834. The standard InChI is InChI=1S/C19H23N3O3/c1-3-17(23)22-12-4-5-14(13-22)18-19(21-11-10-20-18)25-16-8-6-15(24-2)7-9-16/h6-11,14H,3-5,12-13H2,1-2H3/t14-/m1/s1. The summed E-state index contributed by atoms with van der Waals surface area (Å²) in [6, 6.07) is 7.36. The minimum Gasteiger partial charge on any atom is -0.497 e. The number of likely N-dealkylation sites (tertiary alicyclic amines) is 1. The summed E-state index contributed by atoms with van der Waals surface area (Å²) in [6.07, 6.45) is 5.78. The van der Waals surface area contributed by atoms with E-state index in [0.29, 0.717) is 24.6 Å². The van der Waals surface area contributed by atoms with E-state index in [0.717, 1.165) is 30.8 Å². The van der Waals surface area contributed by atoms with E-state index >= 15 is 0 Å². The van der Waals surface area contributed by atoms with Crippen LogP contribution in [0.1, 0.15) is 37.8 Å². The molecule has 1 fully saturated rings. The summed E-state index contributed by atoms with van der Waals surface area (Å²) in [6.45, 7) is 3.38. The normalized spacial score (nSPS) is 17.2. The van der Waals surface area contributed by atoms with Crippen molar-refractivity contribution < 1.29 is 14.3 Å². The van der Waals surface area contributed by atoms with Crippen molar-refractivity contribution in [2.45, 2.75) is 32.1 Å². The number of carbonyl (C=O) groups is 1. The number of nitrogens with zero attached hydrogens (tertiary/aromatic N) is 3. The van der Waals surface area contributed by atoms with Gasteiger partial charge in [-0.3, -0.25) is 9.78 Å². The number of hydrogen-bond acceptors (Lipinski definition) is 5. The van der Waals surface area contributed by atoms with Crippen LogP contribution in [0.3, 0.4) is 0 Å². The maximum absolute atomic E-state index is 12.0. The highest BCUT2D eigenvalue weighted by molar-refractivity contribution is 5.76. The molecular weight excluding hydrogens is 318 g/mol. The van der Waals surface area contributed by atoms with Gasteiger partial charge in [-0.05, 0) is 37.1 Å². The minimum atomic E-state index is 0.145. The Kier molecular flexibility index (Phi) is 5.48. The van der Waals surface area contributed by atoms with Crippen LogP contribution in [0.25, 0.3) is 0 Å². The van der Waals surface area contributed by atoms with Gasteiger partial charge in [-0.1, -0.05) is 6.92 Å². The van der Waals surface area contributed by atoms with Gasteiger partial charge in [-0.25, -0.2) is 4.98 Å². The van der Waals surface area contributed by atoms with Gasteiger partial charge in [0.25, 0.3) is 0 Å². The van der Waals surface area contributed by atoms with Crippen LogP contribution in [-0.2, 0) is 4.79 Å². The molecule has 1 aliphatic rings. The Morgan fingerprint density at radius 3 is 2.64 bits per heavy atom. The molecule has 1 aliphatic heterocycles. The summed E-state index contributed by atoms with van der Waals surface area (Å²) >= 11 is 0. The van der Waals surface area contributed by atoms with Crippen LogP contribution in [-0.4, -0.2) is 41.0 Å². The summed E-state index contributed by atoms with van der Waals surface area (Å²) in [7, 11) is 1.63. The lowest BCUT2D eigenvalue weighted by molar-refractivity contribution is -0.132. The zero-order chi connectivity index (χ0) is 17.6. The first-order valence-corrected chi connectivity index (χ1v) is 8.61. The highest BCUT2D eigenvalue weighted by atomic mass is 16.5. The molecule has 1 aromatic heterocycles. The highest BCUT2D eigenvalue weighted by Gasteiger charge is 2.27. The van der Waals surface area contributed by atoms with Crippen LogP contribution >= 0.6 is 0 Å². The molecule has 2 heterocycles. The summed E-state index contributed by atoms with van der Waals surface area (Å²) < 4.78 is 11.1. The molecule has 0 unspecified atom stereocenters. The molecule has 0 spiro atoms. The Morgan fingerprint density at radius 2 is 1.92 bits per heavy atom. The molecule has 25 heavy (non-hydrogen) atoms. The highest BCUT2D eigenvalue weighted by Crippen LogP contribution is 2.33. The second kappa shape index (κ2) is 7.96. The van der Waals surface area contributed by atoms with Gasteiger partial charge in [0.15, 0.2) is 0 Å². The topological polar surface area (TPSA) is 64.6 Å². The Morgan fingerprint density at radius 1 is 1.20 bits per heavy atom. The lowest BCUT2D eigenvalue weighted by Gasteiger charge is -2.32. The smallest absolute Gasteiger partial charge is 0.241 e. The SMILES string of the molecule is CCC(=O)N1CCC[C@@H](c2nccnc2Oc2ccc(OC)cc2)C1. The van der Waals surface area contributed by atoms with E-state index in [1.807, 2.05) is 36.1 Å². The van der Waals surface area contributed by atoms with E-state index in [1.54, 1.807) is 19.5 Å². The van der Waals surface area contributed by atoms with Gasteiger partial charge in [0.2, 0.25) is 11.8 Å². The van der Waals surface area contributed by atoms with E-state index in [1.165, 1.54) is 0 Å². The number of ether oxygens (including phenoxy) is 2. The van der Waals surface area contributed by atoms with Crippen molar-refractivity contribution in [3.8, 4) is 17.4 Å². The first-order chi connectivity index (χ1) is 12.2. The molecule has 1 saturated heterocycles. The molecule has 0 bridgehead atoms. The molecule has 1 aromatic carbocycles. The van der Waals surface area contributed by atoms with Crippen molar-refractivity contribution in [2.24, 2.45) is 0 Å². The Bertz CT molecular complexity index is 718. The van der Waals surface area contributed by atoms with Gasteiger partial charge in [0.1, 0.15) is 17.2 Å². The number of aromatic nitrogens is 2. The fraction of sp³-hybridized carbons (Fsp3) is 0.421. The monoisotopic (exact) mass is 341 g/mol. The molecule has 0 aliphatic carbocycles. The van der Waals surface area contributed by atoms with Crippen LogP contribution in [0.2, 0.25) is 0 Å². The van der Waals surface area contributed by atoms with Crippen molar-refractivity contribution in [1.82, 2.24) is 14.9 Å². The van der Waals surface area contributed by atoms with Crippen molar-refractivity contribution >= 4 is 5.91 Å². The van der Waals surface area contributed by atoms with Gasteiger partial charge in [0.05, 0.1) is 7.11 Å². The maximum Gasteiger partial charge on any atom is 0.241 e. The first-order valence-electron chi connectivity index (χ1n) is 8.61. The van der Waals surface area contributed by atoms with Crippen LogP contribution in [0.5, 0.6) is 17.4 Å². The number of hydrogen-bond donors (Lipinski definition) is 0. The number of benzene rings is 1.